The fourth-order valence-corrected chi connectivity index (χ4v) is 3.40. The third kappa shape index (κ3) is 2.79. The molecule has 0 bridgehead atoms. The first-order chi connectivity index (χ1) is 10.1. The molecule has 3 nitrogen and oxygen atoms in total. The summed E-state index contributed by atoms with van der Waals surface area (Å²) < 4.78 is 27.0. The van der Waals surface area contributed by atoms with Crippen LogP contribution in [0.5, 0.6) is 0 Å². The first-order valence-corrected chi connectivity index (χ1v) is 7.52. The smallest absolute Gasteiger partial charge is 0.226 e. The number of halogens is 2. The van der Waals surface area contributed by atoms with E-state index in [1.165, 1.54) is 6.07 Å². The number of nitrogens with zero attached hydrogens (tertiary/aromatic N) is 1. The van der Waals surface area contributed by atoms with Crippen LogP contribution in [0.1, 0.15) is 30.7 Å². The van der Waals surface area contributed by atoms with Crippen LogP contribution in [-0.2, 0) is 4.79 Å². The van der Waals surface area contributed by atoms with E-state index in [4.69, 9.17) is 0 Å². The Labute approximate surface area is 123 Å². The van der Waals surface area contributed by atoms with Gasteiger partial charge in [-0.1, -0.05) is 0 Å². The van der Waals surface area contributed by atoms with Gasteiger partial charge in [-0.25, -0.2) is 8.78 Å². The molecule has 1 aliphatic heterocycles. The predicted molar refractivity (Wildman–Crippen MR) is 75.9 cm³/mol. The van der Waals surface area contributed by atoms with Crippen molar-refractivity contribution in [1.82, 2.24) is 10.2 Å². The number of carbonyl (C=O) groups excluding carboxylic acids is 1. The quantitative estimate of drug-likeness (QED) is 0.924. The van der Waals surface area contributed by atoms with Crippen molar-refractivity contribution in [3.63, 3.8) is 0 Å². The van der Waals surface area contributed by atoms with Crippen LogP contribution in [0.25, 0.3) is 0 Å². The van der Waals surface area contributed by atoms with E-state index in [1.54, 1.807) is 0 Å². The Hall–Kier alpha value is -1.49. The molecular weight excluding hydrogens is 274 g/mol. The Bertz CT molecular complexity index is 549. The monoisotopic (exact) mass is 294 g/mol. The fraction of sp³-hybridized carbons (Fsp3) is 0.562. The number of carbonyl (C=O) groups is 1. The van der Waals surface area contributed by atoms with Crippen LogP contribution in [0, 0.1) is 17.6 Å². The Morgan fingerprint density at radius 3 is 3.00 bits per heavy atom. The van der Waals surface area contributed by atoms with E-state index in [0.717, 1.165) is 38.1 Å². The van der Waals surface area contributed by atoms with E-state index >= 15 is 0 Å². The number of amides is 1. The minimum atomic E-state index is -0.446. The zero-order valence-corrected chi connectivity index (χ0v) is 12.1. The summed E-state index contributed by atoms with van der Waals surface area (Å²) in [5, 5.41) is 3.11. The summed E-state index contributed by atoms with van der Waals surface area (Å²) in [5.74, 6) is -1.10. The van der Waals surface area contributed by atoms with Gasteiger partial charge in [0.15, 0.2) is 0 Å². The summed E-state index contributed by atoms with van der Waals surface area (Å²) in [6, 6.07) is 3.72. The van der Waals surface area contributed by atoms with Crippen LogP contribution in [0.4, 0.5) is 8.78 Å². The SMILES string of the molecule is CNC[C@@H]1CCCN1C(=O)[C@H]1C[C@H]1c1cc(F)ccc1F. The van der Waals surface area contributed by atoms with Crippen LogP contribution in [0.15, 0.2) is 18.2 Å². The van der Waals surface area contributed by atoms with E-state index in [9.17, 15) is 13.6 Å². The highest BCUT2D eigenvalue weighted by atomic mass is 19.1. The lowest BCUT2D eigenvalue weighted by atomic mass is 10.1. The normalized spacial score (nSPS) is 28.0. The van der Waals surface area contributed by atoms with Crippen molar-refractivity contribution >= 4 is 5.91 Å². The number of likely N-dealkylation sites (N-methyl/N-ethyl adjacent to an activating group) is 1. The molecule has 3 atom stereocenters. The molecule has 0 unspecified atom stereocenters. The van der Waals surface area contributed by atoms with Crippen molar-refractivity contribution in [3.8, 4) is 0 Å². The van der Waals surface area contributed by atoms with E-state index < -0.39 is 11.6 Å². The number of hydrogen-bond donors (Lipinski definition) is 1. The molecule has 1 amide bonds. The second-order valence-electron chi connectivity index (χ2n) is 6.00. The van der Waals surface area contributed by atoms with Crippen LogP contribution in [0.3, 0.4) is 0 Å². The summed E-state index contributed by atoms with van der Waals surface area (Å²) in [4.78, 5) is 14.5. The predicted octanol–water partition coefficient (Wildman–Crippen LogP) is 2.28. The lowest BCUT2D eigenvalue weighted by molar-refractivity contribution is -0.133. The van der Waals surface area contributed by atoms with E-state index in [0.29, 0.717) is 12.0 Å². The summed E-state index contributed by atoms with van der Waals surface area (Å²) in [5.41, 5.74) is 0.345. The van der Waals surface area contributed by atoms with Gasteiger partial charge in [0, 0.05) is 25.0 Å². The van der Waals surface area contributed by atoms with Gasteiger partial charge in [-0.2, -0.15) is 0 Å². The lowest BCUT2D eigenvalue weighted by Gasteiger charge is -2.24. The maximum Gasteiger partial charge on any atom is 0.226 e. The average molecular weight is 294 g/mol. The van der Waals surface area contributed by atoms with Crippen LogP contribution in [0.2, 0.25) is 0 Å². The molecule has 21 heavy (non-hydrogen) atoms. The van der Waals surface area contributed by atoms with Crippen LogP contribution < -0.4 is 5.32 Å². The van der Waals surface area contributed by atoms with Gasteiger partial charge in [0.1, 0.15) is 11.6 Å². The largest absolute Gasteiger partial charge is 0.338 e. The molecule has 1 aromatic carbocycles. The molecular formula is C16H20F2N2O. The fourth-order valence-electron chi connectivity index (χ4n) is 3.40. The molecule has 0 spiro atoms. The summed E-state index contributed by atoms with van der Waals surface area (Å²) >= 11 is 0. The summed E-state index contributed by atoms with van der Waals surface area (Å²) in [6.45, 7) is 1.57. The summed E-state index contributed by atoms with van der Waals surface area (Å²) in [6.07, 6.45) is 2.66. The van der Waals surface area contributed by atoms with Gasteiger partial charge >= 0.3 is 0 Å². The first-order valence-electron chi connectivity index (χ1n) is 7.52. The number of nitrogens with one attached hydrogen (secondary N) is 1. The lowest BCUT2D eigenvalue weighted by Crippen LogP contribution is -2.41. The number of hydrogen-bond acceptors (Lipinski definition) is 2. The third-order valence-corrected chi connectivity index (χ3v) is 4.57. The van der Waals surface area contributed by atoms with Crippen LogP contribution >= 0.6 is 0 Å². The first kappa shape index (κ1) is 14.4. The zero-order valence-electron chi connectivity index (χ0n) is 12.1. The van der Waals surface area contributed by atoms with Crippen molar-refractivity contribution in [1.29, 1.82) is 0 Å². The molecule has 0 aromatic heterocycles. The highest BCUT2D eigenvalue weighted by Crippen LogP contribution is 2.50. The van der Waals surface area contributed by atoms with Gasteiger partial charge < -0.3 is 10.2 Å². The zero-order chi connectivity index (χ0) is 15.0. The van der Waals surface area contributed by atoms with E-state index in [-0.39, 0.29) is 23.8 Å². The number of rotatable bonds is 4. The molecule has 1 heterocycles. The van der Waals surface area contributed by atoms with E-state index in [1.807, 2.05) is 11.9 Å². The Morgan fingerprint density at radius 2 is 2.24 bits per heavy atom. The van der Waals surface area contributed by atoms with Crippen molar-refractivity contribution < 1.29 is 13.6 Å². The average Bonchev–Trinajstić information content (AvgIpc) is 3.13. The van der Waals surface area contributed by atoms with Crippen molar-refractivity contribution in [2.75, 3.05) is 20.1 Å². The molecule has 1 aromatic rings. The van der Waals surface area contributed by atoms with Gasteiger partial charge in [0.05, 0.1) is 0 Å². The van der Waals surface area contributed by atoms with Gasteiger partial charge in [-0.3, -0.25) is 4.79 Å². The third-order valence-electron chi connectivity index (χ3n) is 4.57. The number of benzene rings is 1. The van der Waals surface area contributed by atoms with Crippen molar-refractivity contribution in [2.45, 2.75) is 31.2 Å². The molecule has 1 saturated carbocycles. The topological polar surface area (TPSA) is 32.3 Å². The van der Waals surface area contributed by atoms with Crippen molar-refractivity contribution in [3.05, 3.63) is 35.4 Å². The maximum atomic E-state index is 13.8. The van der Waals surface area contributed by atoms with Gasteiger partial charge in [-0.05, 0) is 56.0 Å². The Balaban J connectivity index is 1.69. The molecule has 5 heteroatoms. The molecule has 1 N–H and O–H groups in total. The minimum absolute atomic E-state index is 0.0985. The molecule has 2 aliphatic rings. The Kier molecular flexibility index (Phi) is 3.93. The molecule has 3 rings (SSSR count). The molecule has 114 valence electrons. The van der Waals surface area contributed by atoms with Crippen LogP contribution in [-0.4, -0.2) is 37.0 Å². The van der Waals surface area contributed by atoms with Gasteiger partial charge in [0.2, 0.25) is 5.91 Å². The van der Waals surface area contributed by atoms with E-state index in [2.05, 4.69) is 5.32 Å². The Morgan fingerprint density at radius 1 is 1.43 bits per heavy atom. The maximum absolute atomic E-state index is 13.8. The van der Waals surface area contributed by atoms with Gasteiger partial charge in [-0.15, -0.1) is 0 Å². The highest BCUT2D eigenvalue weighted by molar-refractivity contribution is 5.83. The summed E-state index contributed by atoms with van der Waals surface area (Å²) in [7, 11) is 1.88. The minimum Gasteiger partial charge on any atom is -0.338 e. The highest BCUT2D eigenvalue weighted by Gasteiger charge is 2.48. The molecule has 0 radical (unpaired) electrons. The standard InChI is InChI=1S/C16H20F2N2O/c1-19-9-11-3-2-6-20(11)16(21)14-8-12(14)13-7-10(17)4-5-15(13)18/h4-5,7,11-12,14,19H,2-3,6,8-9H2,1H3/t11-,12-,14-/m0/s1. The second kappa shape index (κ2) is 5.72. The van der Waals surface area contributed by atoms with Gasteiger partial charge in [0.25, 0.3) is 0 Å². The second-order valence-corrected chi connectivity index (χ2v) is 6.00. The number of likely N-dealkylation sites (tertiary alicyclic amines) is 1. The molecule has 1 saturated heterocycles. The van der Waals surface area contributed by atoms with Crippen molar-refractivity contribution in [2.24, 2.45) is 5.92 Å². The molecule has 1 aliphatic carbocycles. The molecule has 2 fully saturated rings.